The first-order valence-electron chi connectivity index (χ1n) is 13.3. The van der Waals surface area contributed by atoms with Crippen molar-refractivity contribution in [3.63, 3.8) is 0 Å². The fourth-order valence-electron chi connectivity index (χ4n) is 5.89. The maximum Gasteiger partial charge on any atom is 0.186 e. The molecule has 0 spiro atoms. The first-order chi connectivity index (χ1) is 20.5. The van der Waals surface area contributed by atoms with Crippen molar-refractivity contribution in [2.24, 2.45) is 0 Å². The summed E-state index contributed by atoms with van der Waals surface area (Å²) in [5, 5.41) is 7.18. The number of fused-ring (bicyclic) bond motifs is 6. The largest absolute Gasteiger partial charge is 0.304 e. The van der Waals surface area contributed by atoms with E-state index in [-0.39, 0.29) is 5.56 Å². The van der Waals surface area contributed by atoms with Crippen LogP contribution in [0, 0.1) is 23.3 Å². The molecule has 0 saturated heterocycles. The van der Waals surface area contributed by atoms with Crippen molar-refractivity contribution in [2.45, 2.75) is 0 Å². The molecule has 7 heteroatoms. The van der Waals surface area contributed by atoms with Gasteiger partial charge in [-0.05, 0) is 35.9 Å². The van der Waals surface area contributed by atoms with Crippen LogP contribution in [0.1, 0.15) is 0 Å². The molecule has 202 valence electrons. The smallest absolute Gasteiger partial charge is 0.186 e. The fraction of sp³-hybridized carbons (Fsp3) is 0. The van der Waals surface area contributed by atoms with Crippen LogP contribution in [0.3, 0.4) is 0 Å². The molecule has 0 aliphatic rings. The van der Waals surface area contributed by atoms with Gasteiger partial charge in [-0.15, -0.1) is 0 Å². The molecule has 0 amide bonds. The van der Waals surface area contributed by atoms with Crippen LogP contribution in [0.5, 0.6) is 0 Å². The van der Waals surface area contributed by atoms with Gasteiger partial charge in [0.05, 0.1) is 33.3 Å². The Morgan fingerprint density at radius 1 is 0.500 bits per heavy atom. The van der Waals surface area contributed by atoms with Crippen LogP contribution in [-0.2, 0) is 0 Å². The minimum absolute atomic E-state index is 0.00883. The summed E-state index contributed by atoms with van der Waals surface area (Å²) in [4.78, 5) is 0. The molecule has 0 saturated carbocycles. The predicted molar refractivity (Wildman–Crippen MR) is 158 cm³/mol. The minimum atomic E-state index is -1.47. The molecule has 8 aromatic rings. The van der Waals surface area contributed by atoms with Crippen molar-refractivity contribution in [1.29, 1.82) is 0 Å². The van der Waals surface area contributed by atoms with Gasteiger partial charge in [-0.1, -0.05) is 84.9 Å². The van der Waals surface area contributed by atoms with Crippen molar-refractivity contribution in [2.75, 3.05) is 0 Å². The normalized spacial score (nSPS) is 11.8. The maximum absolute atomic E-state index is 15.8. The van der Waals surface area contributed by atoms with E-state index in [2.05, 4.69) is 0 Å². The highest BCUT2D eigenvalue weighted by atomic mass is 19.2. The van der Waals surface area contributed by atoms with Crippen LogP contribution in [-0.4, -0.2) is 14.2 Å². The van der Waals surface area contributed by atoms with Crippen LogP contribution in [0.15, 0.2) is 115 Å². The number of nitrogens with zero attached hydrogens (tertiary/aromatic N) is 3. The average Bonchev–Trinajstić information content (AvgIpc) is 3.61. The number of aromatic nitrogens is 3. The Hall–Kier alpha value is -5.43. The van der Waals surface area contributed by atoms with E-state index in [0.29, 0.717) is 33.1 Å². The Balaban J connectivity index is 1.25. The Kier molecular flexibility index (Phi) is 5.25. The number of hydrogen-bond acceptors (Lipinski definition) is 1. The molecular weight excluding hydrogens is 538 g/mol. The summed E-state index contributed by atoms with van der Waals surface area (Å²) in [6, 6.07) is 33.8. The first kappa shape index (κ1) is 24.4. The highest BCUT2D eigenvalue weighted by molar-refractivity contribution is 6.09. The molecular formula is C35H19F4N3. The summed E-state index contributed by atoms with van der Waals surface area (Å²) >= 11 is 0. The lowest BCUT2D eigenvalue weighted by atomic mass is 10.0. The van der Waals surface area contributed by atoms with Gasteiger partial charge in [0, 0.05) is 21.7 Å². The van der Waals surface area contributed by atoms with Crippen molar-refractivity contribution in [3.8, 4) is 28.1 Å². The van der Waals surface area contributed by atoms with Crippen molar-refractivity contribution in [3.05, 3.63) is 139 Å². The number of pyridine rings is 1. The third-order valence-electron chi connectivity index (χ3n) is 7.85. The van der Waals surface area contributed by atoms with Crippen LogP contribution in [0.4, 0.5) is 17.6 Å². The Morgan fingerprint density at radius 3 is 1.69 bits per heavy atom. The van der Waals surface area contributed by atoms with Gasteiger partial charge >= 0.3 is 0 Å². The predicted octanol–water partition coefficient (Wildman–Crippen LogP) is 9.47. The second-order valence-electron chi connectivity index (χ2n) is 10.2. The van der Waals surface area contributed by atoms with E-state index in [1.165, 1.54) is 16.7 Å². The van der Waals surface area contributed by atoms with Gasteiger partial charge < -0.3 is 4.57 Å². The Morgan fingerprint density at radius 2 is 1.05 bits per heavy atom. The van der Waals surface area contributed by atoms with Crippen molar-refractivity contribution < 1.29 is 17.6 Å². The zero-order chi connectivity index (χ0) is 28.5. The van der Waals surface area contributed by atoms with E-state index >= 15 is 17.6 Å². The summed E-state index contributed by atoms with van der Waals surface area (Å²) in [7, 11) is 0. The van der Waals surface area contributed by atoms with Gasteiger partial charge in [0.15, 0.2) is 23.3 Å². The van der Waals surface area contributed by atoms with Gasteiger partial charge in [-0.3, -0.25) is 0 Å². The molecule has 0 aliphatic heterocycles. The number of hydrogen-bond donors (Lipinski definition) is 0. The monoisotopic (exact) mass is 557 g/mol. The number of benzene rings is 5. The summed E-state index contributed by atoms with van der Waals surface area (Å²) in [5.41, 5.74) is 2.50. The molecule has 0 atom stereocenters. The van der Waals surface area contributed by atoms with E-state index < -0.39 is 34.5 Å². The summed E-state index contributed by atoms with van der Waals surface area (Å²) in [6.45, 7) is 0. The highest BCUT2D eigenvalue weighted by Crippen LogP contribution is 2.39. The van der Waals surface area contributed by atoms with Crippen LogP contribution in [0.25, 0.3) is 66.3 Å². The second kappa shape index (κ2) is 9.04. The lowest BCUT2D eigenvalue weighted by Crippen LogP contribution is -2.09. The van der Waals surface area contributed by atoms with Gasteiger partial charge in [0.25, 0.3) is 0 Å². The van der Waals surface area contributed by atoms with Crippen LogP contribution >= 0.6 is 0 Å². The van der Waals surface area contributed by atoms with E-state index in [9.17, 15) is 0 Å². The molecule has 5 aromatic carbocycles. The fourth-order valence-corrected chi connectivity index (χ4v) is 5.89. The molecule has 0 fully saturated rings. The first-order valence-corrected chi connectivity index (χ1v) is 13.3. The number of para-hydroxylation sites is 3. The zero-order valence-electron chi connectivity index (χ0n) is 21.8. The lowest BCUT2D eigenvalue weighted by Gasteiger charge is -2.15. The molecule has 8 rings (SSSR count). The molecule has 0 bridgehead atoms. The van der Waals surface area contributed by atoms with E-state index in [1.807, 2.05) is 47.0 Å². The topological polar surface area (TPSA) is 22.2 Å². The Labute approximate surface area is 236 Å². The quantitative estimate of drug-likeness (QED) is 0.157. The molecule has 3 nitrogen and oxygen atoms in total. The average molecular weight is 558 g/mol. The molecule has 0 radical (unpaired) electrons. The third-order valence-corrected chi connectivity index (χ3v) is 7.85. The van der Waals surface area contributed by atoms with Gasteiger partial charge in [0.1, 0.15) is 5.69 Å². The molecule has 3 aromatic heterocycles. The second-order valence-corrected chi connectivity index (χ2v) is 10.2. The third kappa shape index (κ3) is 3.43. The van der Waals surface area contributed by atoms with Crippen LogP contribution < -0.4 is 0 Å². The van der Waals surface area contributed by atoms with Crippen molar-refractivity contribution in [1.82, 2.24) is 14.2 Å². The summed E-state index contributed by atoms with van der Waals surface area (Å²) < 4.78 is 66.0. The maximum atomic E-state index is 15.8. The molecule has 0 unspecified atom stereocenters. The summed E-state index contributed by atoms with van der Waals surface area (Å²) in [6.07, 6.45) is 0. The number of rotatable bonds is 3. The van der Waals surface area contributed by atoms with Crippen molar-refractivity contribution >= 4 is 38.2 Å². The van der Waals surface area contributed by atoms with E-state index in [0.717, 1.165) is 16.4 Å². The minimum Gasteiger partial charge on any atom is -0.304 e. The van der Waals surface area contributed by atoms with E-state index in [1.54, 1.807) is 60.7 Å². The standard InChI is InChI=1S/C35H19F4N3/c36-31-30(22-15-13-20(14-16-22)26-19-23-18-17-21-7-1-4-10-27(21)42(23)40-26)32(37)34(39)35(33(31)38)41-28-11-5-2-8-24(28)25-9-3-6-12-29(25)41/h1-19H. The lowest BCUT2D eigenvalue weighted by molar-refractivity contribution is 0.454. The molecule has 0 N–H and O–H groups in total. The van der Waals surface area contributed by atoms with E-state index in [4.69, 9.17) is 5.10 Å². The summed E-state index contributed by atoms with van der Waals surface area (Å²) in [5.74, 6) is -5.85. The molecule has 0 aliphatic carbocycles. The van der Waals surface area contributed by atoms with Gasteiger partial charge in [-0.2, -0.15) is 5.10 Å². The van der Waals surface area contributed by atoms with Gasteiger partial charge in [-0.25, -0.2) is 22.1 Å². The van der Waals surface area contributed by atoms with Gasteiger partial charge in [0.2, 0.25) is 0 Å². The highest BCUT2D eigenvalue weighted by Gasteiger charge is 2.29. The number of halogens is 4. The zero-order valence-corrected chi connectivity index (χ0v) is 21.8. The molecule has 42 heavy (non-hydrogen) atoms. The molecule has 3 heterocycles. The SMILES string of the molecule is Fc1c(F)c(-n2c3ccccc3c3ccccc32)c(F)c(F)c1-c1ccc(-c2cc3ccc4ccccc4n3n2)cc1. The van der Waals surface area contributed by atoms with Crippen LogP contribution in [0.2, 0.25) is 0 Å². The Bertz CT molecular complexity index is 2270.